The molecule has 1 saturated carbocycles. The summed E-state index contributed by atoms with van der Waals surface area (Å²) in [6.45, 7) is 0. The molecule has 1 fully saturated rings. The van der Waals surface area contributed by atoms with Crippen LogP contribution in [0.3, 0.4) is 0 Å². The van der Waals surface area contributed by atoms with Gasteiger partial charge >= 0.3 is 0 Å². The van der Waals surface area contributed by atoms with Crippen LogP contribution in [0.2, 0.25) is 0 Å². The van der Waals surface area contributed by atoms with E-state index < -0.39 is 17.2 Å². The molecule has 0 saturated heterocycles. The van der Waals surface area contributed by atoms with Gasteiger partial charge < -0.3 is 10.3 Å². The zero-order valence-electron chi connectivity index (χ0n) is 11.6. The van der Waals surface area contributed by atoms with Crippen molar-refractivity contribution in [2.75, 3.05) is 0 Å². The summed E-state index contributed by atoms with van der Waals surface area (Å²) in [7, 11) is 0. The molecule has 0 amide bonds. The fourth-order valence-corrected chi connectivity index (χ4v) is 2.78. The number of rotatable bonds is 3. The van der Waals surface area contributed by atoms with Gasteiger partial charge in [0.15, 0.2) is 17.5 Å². The van der Waals surface area contributed by atoms with Gasteiger partial charge in [-0.2, -0.15) is 4.98 Å². The molecule has 1 aliphatic rings. The minimum atomic E-state index is -0.880. The first kappa shape index (κ1) is 14.1. The Morgan fingerprint density at radius 3 is 2.71 bits per heavy atom. The Labute approximate surface area is 121 Å². The van der Waals surface area contributed by atoms with Gasteiger partial charge in [-0.25, -0.2) is 8.78 Å². The Morgan fingerprint density at radius 2 is 1.95 bits per heavy atom. The van der Waals surface area contributed by atoms with E-state index in [-0.39, 0.29) is 17.9 Å². The molecule has 0 radical (unpaired) electrons. The highest BCUT2D eigenvalue weighted by Crippen LogP contribution is 2.33. The van der Waals surface area contributed by atoms with Crippen molar-refractivity contribution in [1.82, 2.24) is 10.1 Å². The molecule has 6 heteroatoms. The van der Waals surface area contributed by atoms with Crippen LogP contribution in [0.4, 0.5) is 8.78 Å². The minimum Gasteiger partial charge on any atom is -0.339 e. The second-order valence-electron chi connectivity index (χ2n) is 5.62. The van der Waals surface area contributed by atoms with Crippen molar-refractivity contribution in [1.29, 1.82) is 0 Å². The quantitative estimate of drug-likeness (QED) is 0.944. The third kappa shape index (κ3) is 2.81. The molecular formula is C15H17F2N3O. The number of aromatic nitrogens is 2. The molecule has 2 N–H and O–H groups in total. The van der Waals surface area contributed by atoms with E-state index in [9.17, 15) is 8.78 Å². The van der Waals surface area contributed by atoms with Crippen molar-refractivity contribution in [3.8, 4) is 0 Å². The molecule has 1 aromatic heterocycles. The first-order valence-corrected chi connectivity index (χ1v) is 7.13. The molecule has 0 atom stereocenters. The number of hydrogen-bond donors (Lipinski definition) is 1. The molecule has 1 heterocycles. The van der Waals surface area contributed by atoms with Gasteiger partial charge in [0.1, 0.15) is 0 Å². The van der Waals surface area contributed by atoms with Crippen LogP contribution in [0.5, 0.6) is 0 Å². The highest BCUT2D eigenvalue weighted by atomic mass is 19.2. The third-order valence-corrected chi connectivity index (χ3v) is 4.03. The fraction of sp³-hybridized carbons (Fsp3) is 0.467. The van der Waals surface area contributed by atoms with Gasteiger partial charge in [-0.15, -0.1) is 0 Å². The predicted molar refractivity (Wildman–Crippen MR) is 72.4 cm³/mol. The highest BCUT2D eigenvalue weighted by Gasteiger charge is 2.34. The van der Waals surface area contributed by atoms with Gasteiger partial charge in [0.05, 0.1) is 12.0 Å². The minimum absolute atomic E-state index is 0.0622. The van der Waals surface area contributed by atoms with Crippen molar-refractivity contribution >= 4 is 0 Å². The van der Waals surface area contributed by atoms with Crippen LogP contribution >= 0.6 is 0 Å². The summed E-state index contributed by atoms with van der Waals surface area (Å²) in [5.74, 6) is -1.04. The van der Waals surface area contributed by atoms with E-state index in [1.807, 2.05) is 0 Å². The Kier molecular flexibility index (Phi) is 3.71. The normalized spacial score (nSPS) is 17.9. The molecule has 0 spiro atoms. The summed E-state index contributed by atoms with van der Waals surface area (Å²) in [4.78, 5) is 4.28. The van der Waals surface area contributed by atoms with Crippen LogP contribution in [0.25, 0.3) is 0 Å². The van der Waals surface area contributed by atoms with Crippen LogP contribution in [0.15, 0.2) is 22.7 Å². The Morgan fingerprint density at radius 1 is 1.19 bits per heavy atom. The van der Waals surface area contributed by atoms with Crippen molar-refractivity contribution in [2.24, 2.45) is 5.73 Å². The zero-order chi connectivity index (χ0) is 14.9. The smallest absolute Gasteiger partial charge is 0.231 e. The predicted octanol–water partition coefficient (Wildman–Crippen LogP) is 3.06. The largest absolute Gasteiger partial charge is 0.339 e. The number of hydrogen-bond acceptors (Lipinski definition) is 4. The second kappa shape index (κ2) is 5.52. The van der Waals surface area contributed by atoms with E-state index in [0.29, 0.717) is 5.82 Å². The molecule has 3 rings (SSSR count). The molecule has 1 aromatic carbocycles. The molecule has 112 valence electrons. The molecule has 1 aliphatic carbocycles. The summed E-state index contributed by atoms with van der Waals surface area (Å²) < 4.78 is 32.0. The van der Waals surface area contributed by atoms with Gasteiger partial charge in [0.2, 0.25) is 5.89 Å². The summed E-state index contributed by atoms with van der Waals surface area (Å²) >= 11 is 0. The fourth-order valence-electron chi connectivity index (χ4n) is 2.78. The second-order valence-corrected chi connectivity index (χ2v) is 5.62. The maximum absolute atomic E-state index is 13.6. The van der Waals surface area contributed by atoms with Crippen LogP contribution in [0, 0.1) is 11.6 Å². The molecule has 21 heavy (non-hydrogen) atoms. The molecule has 0 bridgehead atoms. The Hall–Kier alpha value is -1.82. The maximum Gasteiger partial charge on any atom is 0.231 e. The topological polar surface area (TPSA) is 64.9 Å². The van der Waals surface area contributed by atoms with Crippen molar-refractivity contribution in [2.45, 2.75) is 44.1 Å². The highest BCUT2D eigenvalue weighted by molar-refractivity contribution is 5.22. The lowest BCUT2D eigenvalue weighted by Crippen LogP contribution is -2.39. The number of nitrogens with zero attached hydrogens (tertiary/aromatic N) is 2. The van der Waals surface area contributed by atoms with E-state index >= 15 is 0 Å². The molecule has 2 aromatic rings. The number of halogens is 2. The van der Waals surface area contributed by atoms with Crippen molar-refractivity contribution in [3.05, 3.63) is 47.1 Å². The SMILES string of the molecule is NC1(c2noc(Cc3cccc(F)c3F)n2)CCCCC1. The van der Waals surface area contributed by atoms with Gasteiger partial charge in [0.25, 0.3) is 0 Å². The van der Waals surface area contributed by atoms with Gasteiger partial charge in [-0.05, 0) is 18.9 Å². The van der Waals surface area contributed by atoms with E-state index in [1.54, 1.807) is 0 Å². The van der Waals surface area contributed by atoms with Crippen LogP contribution in [0.1, 0.15) is 49.4 Å². The van der Waals surface area contributed by atoms with Crippen molar-refractivity contribution < 1.29 is 13.3 Å². The van der Waals surface area contributed by atoms with Gasteiger partial charge in [-0.1, -0.05) is 36.6 Å². The van der Waals surface area contributed by atoms with Gasteiger partial charge in [0, 0.05) is 5.56 Å². The standard InChI is InChI=1S/C15H17F2N3O/c16-11-6-4-5-10(13(11)17)9-12-19-14(20-21-12)15(18)7-2-1-3-8-15/h4-6H,1-3,7-9,18H2. The Balaban J connectivity index is 1.80. The van der Waals surface area contributed by atoms with Crippen LogP contribution in [-0.2, 0) is 12.0 Å². The van der Waals surface area contributed by atoms with Crippen LogP contribution in [-0.4, -0.2) is 10.1 Å². The lowest BCUT2D eigenvalue weighted by molar-refractivity contribution is 0.273. The van der Waals surface area contributed by atoms with E-state index in [4.69, 9.17) is 10.3 Å². The summed E-state index contributed by atoms with van der Waals surface area (Å²) in [6, 6.07) is 4.03. The van der Waals surface area contributed by atoms with E-state index in [0.717, 1.165) is 38.2 Å². The van der Waals surface area contributed by atoms with E-state index in [2.05, 4.69) is 10.1 Å². The van der Waals surface area contributed by atoms with Crippen molar-refractivity contribution in [3.63, 3.8) is 0 Å². The lowest BCUT2D eigenvalue weighted by atomic mass is 9.82. The Bertz CT molecular complexity index is 636. The number of nitrogens with two attached hydrogens (primary N) is 1. The average Bonchev–Trinajstić information content (AvgIpc) is 2.94. The first-order valence-electron chi connectivity index (χ1n) is 7.13. The van der Waals surface area contributed by atoms with Gasteiger partial charge in [-0.3, -0.25) is 0 Å². The molecular weight excluding hydrogens is 276 g/mol. The molecule has 4 nitrogen and oxygen atoms in total. The summed E-state index contributed by atoms with van der Waals surface area (Å²) in [5, 5.41) is 3.93. The first-order chi connectivity index (χ1) is 10.1. The molecule has 0 unspecified atom stereocenters. The van der Waals surface area contributed by atoms with E-state index in [1.165, 1.54) is 12.1 Å². The average molecular weight is 293 g/mol. The number of benzene rings is 1. The zero-order valence-corrected chi connectivity index (χ0v) is 11.6. The molecule has 0 aliphatic heterocycles. The monoisotopic (exact) mass is 293 g/mol. The summed E-state index contributed by atoms with van der Waals surface area (Å²) in [5.41, 5.74) is 5.96. The summed E-state index contributed by atoms with van der Waals surface area (Å²) in [6.07, 6.45) is 4.95. The lowest BCUT2D eigenvalue weighted by Gasteiger charge is -2.29. The maximum atomic E-state index is 13.6. The van der Waals surface area contributed by atoms with Crippen LogP contribution < -0.4 is 5.73 Å². The third-order valence-electron chi connectivity index (χ3n) is 4.03.